The fourth-order valence-corrected chi connectivity index (χ4v) is 3.35. The van der Waals surface area contributed by atoms with Gasteiger partial charge in [-0.05, 0) is 25.1 Å². The minimum Gasteiger partial charge on any atom is -0.513 e. The van der Waals surface area contributed by atoms with E-state index in [1.165, 1.54) is 0 Å². The second-order valence-corrected chi connectivity index (χ2v) is 6.07. The molecule has 2 aliphatic heterocycles. The molecule has 2 aromatic rings. The molecule has 0 aliphatic carbocycles. The molecule has 5 heteroatoms. The highest BCUT2D eigenvalue weighted by molar-refractivity contribution is 5.99. The maximum atomic E-state index is 9.78. The van der Waals surface area contributed by atoms with Gasteiger partial charge in [-0.25, -0.2) is 5.01 Å². The predicted octanol–water partition coefficient (Wildman–Crippen LogP) is 4.00. The van der Waals surface area contributed by atoms with Gasteiger partial charge in [-0.2, -0.15) is 5.10 Å². The van der Waals surface area contributed by atoms with Crippen molar-refractivity contribution in [3.05, 3.63) is 65.8 Å². The van der Waals surface area contributed by atoms with Crippen LogP contribution in [0.4, 0.5) is 0 Å². The molecule has 0 unspecified atom stereocenters. The third-order valence-electron chi connectivity index (χ3n) is 4.24. The SMILES string of the molecule is C/C(O)=C/[C@]1(C)Oc2ccccc2[C@@H]2CC(c3ccco3)=NN21. The molecule has 0 amide bonds. The number of aliphatic hydroxyl groups excluding tert-OH is 1. The smallest absolute Gasteiger partial charge is 0.218 e. The molecule has 1 N–H and O–H groups in total. The Bertz CT molecular complexity index is 790. The lowest BCUT2D eigenvalue weighted by Crippen LogP contribution is -2.50. The van der Waals surface area contributed by atoms with E-state index in [2.05, 4.69) is 6.07 Å². The summed E-state index contributed by atoms with van der Waals surface area (Å²) in [6.07, 6.45) is 4.07. The molecule has 0 bridgehead atoms. The highest BCUT2D eigenvalue weighted by atomic mass is 16.5. The molecule has 0 fully saturated rings. The molecule has 5 nitrogen and oxygen atoms in total. The van der Waals surface area contributed by atoms with Gasteiger partial charge in [0.1, 0.15) is 17.2 Å². The number of hydrogen-bond acceptors (Lipinski definition) is 5. The van der Waals surface area contributed by atoms with Crippen LogP contribution in [-0.2, 0) is 0 Å². The first-order chi connectivity index (χ1) is 11.1. The number of nitrogens with zero attached hydrogens (tertiary/aromatic N) is 2. The van der Waals surface area contributed by atoms with E-state index >= 15 is 0 Å². The van der Waals surface area contributed by atoms with Gasteiger partial charge in [-0.1, -0.05) is 18.2 Å². The summed E-state index contributed by atoms with van der Waals surface area (Å²) in [7, 11) is 0. The number of furan rings is 1. The largest absolute Gasteiger partial charge is 0.513 e. The third-order valence-corrected chi connectivity index (χ3v) is 4.24. The molecule has 3 heterocycles. The van der Waals surface area contributed by atoms with Gasteiger partial charge < -0.3 is 14.3 Å². The molecule has 0 saturated heterocycles. The first kappa shape index (κ1) is 13.9. The van der Waals surface area contributed by atoms with Crippen molar-refractivity contribution in [2.24, 2.45) is 5.10 Å². The van der Waals surface area contributed by atoms with Crippen molar-refractivity contribution in [2.45, 2.75) is 32.0 Å². The molecule has 2 aliphatic rings. The lowest BCUT2D eigenvalue weighted by Gasteiger charge is -2.44. The minimum absolute atomic E-state index is 0.0562. The Hall–Kier alpha value is -2.69. The first-order valence-corrected chi connectivity index (χ1v) is 7.64. The Morgan fingerprint density at radius 1 is 1.35 bits per heavy atom. The molecule has 0 spiro atoms. The van der Waals surface area contributed by atoms with Gasteiger partial charge in [-0.15, -0.1) is 0 Å². The van der Waals surface area contributed by atoms with Crippen LogP contribution in [0, 0.1) is 0 Å². The van der Waals surface area contributed by atoms with Crippen LogP contribution in [0.2, 0.25) is 0 Å². The number of ether oxygens (including phenoxy) is 1. The number of para-hydroxylation sites is 1. The Morgan fingerprint density at radius 2 is 2.17 bits per heavy atom. The Balaban J connectivity index is 1.83. The second-order valence-electron chi connectivity index (χ2n) is 6.07. The molecular formula is C18H18N2O3. The number of fused-ring (bicyclic) bond motifs is 3. The van der Waals surface area contributed by atoms with E-state index in [-0.39, 0.29) is 11.8 Å². The van der Waals surface area contributed by atoms with Crippen LogP contribution < -0.4 is 4.74 Å². The van der Waals surface area contributed by atoms with Crippen molar-refractivity contribution in [1.82, 2.24) is 5.01 Å². The van der Waals surface area contributed by atoms with Crippen LogP contribution in [0.25, 0.3) is 0 Å². The van der Waals surface area contributed by atoms with Gasteiger partial charge in [0.15, 0.2) is 0 Å². The molecule has 0 radical (unpaired) electrons. The van der Waals surface area contributed by atoms with Crippen molar-refractivity contribution < 1.29 is 14.3 Å². The number of aliphatic hydroxyl groups is 1. The summed E-state index contributed by atoms with van der Waals surface area (Å²) in [5.41, 5.74) is 1.14. The van der Waals surface area contributed by atoms with E-state index in [1.807, 2.05) is 42.3 Å². The average molecular weight is 310 g/mol. The Kier molecular flexibility index (Phi) is 2.98. The Morgan fingerprint density at radius 3 is 2.91 bits per heavy atom. The van der Waals surface area contributed by atoms with Gasteiger partial charge in [0.25, 0.3) is 0 Å². The third kappa shape index (κ3) is 2.20. The van der Waals surface area contributed by atoms with E-state index in [4.69, 9.17) is 14.3 Å². The highest BCUT2D eigenvalue weighted by Crippen LogP contribution is 2.47. The molecule has 1 aromatic heterocycles. The predicted molar refractivity (Wildman–Crippen MR) is 86.3 cm³/mol. The fourth-order valence-electron chi connectivity index (χ4n) is 3.35. The minimum atomic E-state index is -0.841. The van der Waals surface area contributed by atoms with E-state index in [9.17, 15) is 5.11 Å². The Labute approximate surface area is 134 Å². The van der Waals surface area contributed by atoms with E-state index in [0.717, 1.165) is 29.2 Å². The first-order valence-electron chi connectivity index (χ1n) is 7.64. The van der Waals surface area contributed by atoms with Crippen LogP contribution >= 0.6 is 0 Å². The molecule has 118 valence electrons. The summed E-state index contributed by atoms with van der Waals surface area (Å²) < 4.78 is 11.7. The molecule has 23 heavy (non-hydrogen) atoms. The molecule has 2 atom stereocenters. The maximum Gasteiger partial charge on any atom is 0.218 e. The van der Waals surface area contributed by atoms with Crippen molar-refractivity contribution in [3.63, 3.8) is 0 Å². The lowest BCUT2D eigenvalue weighted by atomic mass is 9.96. The van der Waals surface area contributed by atoms with Gasteiger partial charge in [0, 0.05) is 25.0 Å². The van der Waals surface area contributed by atoms with Gasteiger partial charge >= 0.3 is 0 Å². The van der Waals surface area contributed by atoms with Crippen molar-refractivity contribution in [2.75, 3.05) is 0 Å². The summed E-state index contributed by atoms with van der Waals surface area (Å²) in [6.45, 7) is 3.54. The van der Waals surface area contributed by atoms with Crippen LogP contribution in [0.5, 0.6) is 5.75 Å². The normalized spacial score (nSPS) is 26.3. The van der Waals surface area contributed by atoms with Crippen molar-refractivity contribution >= 4 is 5.71 Å². The average Bonchev–Trinajstić information content (AvgIpc) is 3.16. The number of hydrogen-bond donors (Lipinski definition) is 1. The van der Waals surface area contributed by atoms with Gasteiger partial charge in [0.05, 0.1) is 18.1 Å². The maximum absolute atomic E-state index is 9.78. The zero-order chi connectivity index (χ0) is 16.0. The fraction of sp³-hybridized carbons (Fsp3) is 0.278. The van der Waals surface area contributed by atoms with E-state index in [0.29, 0.717) is 0 Å². The van der Waals surface area contributed by atoms with E-state index in [1.54, 1.807) is 19.3 Å². The highest BCUT2D eigenvalue weighted by Gasteiger charge is 2.47. The summed E-state index contributed by atoms with van der Waals surface area (Å²) in [5, 5.41) is 16.4. The number of rotatable bonds is 2. The monoisotopic (exact) mass is 310 g/mol. The zero-order valence-corrected chi connectivity index (χ0v) is 13.1. The van der Waals surface area contributed by atoms with Gasteiger partial charge in [-0.3, -0.25) is 0 Å². The number of allylic oxidation sites excluding steroid dienone is 1. The number of hydrazone groups is 1. The van der Waals surface area contributed by atoms with E-state index < -0.39 is 5.72 Å². The summed E-state index contributed by atoms with van der Waals surface area (Å²) >= 11 is 0. The summed E-state index contributed by atoms with van der Waals surface area (Å²) in [5.74, 6) is 1.79. The van der Waals surface area contributed by atoms with Crippen LogP contribution in [-0.4, -0.2) is 21.6 Å². The molecular weight excluding hydrogens is 292 g/mol. The molecule has 4 rings (SSSR count). The van der Waals surface area contributed by atoms with Crippen LogP contribution in [0.1, 0.15) is 37.6 Å². The summed E-state index contributed by atoms with van der Waals surface area (Å²) in [4.78, 5) is 0. The molecule has 1 aromatic carbocycles. The zero-order valence-electron chi connectivity index (χ0n) is 13.1. The quantitative estimate of drug-likeness (QED) is 0.852. The standard InChI is InChI=1S/C18H18N2O3/c1-12(21)11-18(2)20-15(13-6-3-4-7-16(13)23-18)10-14(19-20)17-8-5-9-22-17/h3-9,11,15,21H,10H2,1-2H3/b12-11-/t15-,18-/m0/s1. The van der Waals surface area contributed by atoms with Crippen LogP contribution in [0.15, 0.2) is 64.0 Å². The van der Waals surface area contributed by atoms with Crippen molar-refractivity contribution in [3.8, 4) is 5.75 Å². The van der Waals surface area contributed by atoms with Gasteiger partial charge in [0.2, 0.25) is 5.72 Å². The summed E-state index contributed by atoms with van der Waals surface area (Å²) in [6, 6.07) is 11.8. The second kappa shape index (κ2) is 4.91. The van der Waals surface area contributed by atoms with Crippen LogP contribution in [0.3, 0.4) is 0 Å². The lowest BCUT2D eigenvalue weighted by molar-refractivity contribution is -0.0697. The molecule has 0 saturated carbocycles. The topological polar surface area (TPSA) is 58.2 Å². The number of benzene rings is 1. The van der Waals surface area contributed by atoms with Crippen molar-refractivity contribution in [1.29, 1.82) is 0 Å².